The summed E-state index contributed by atoms with van der Waals surface area (Å²) in [5.41, 5.74) is -0.493. The van der Waals surface area contributed by atoms with Gasteiger partial charge in [-0.3, -0.25) is 10.1 Å². The molecule has 0 heterocycles. The fourth-order valence-corrected chi connectivity index (χ4v) is 1.00. The molecule has 0 fully saturated rings. The number of benzene rings is 1. The second-order valence-electron chi connectivity index (χ2n) is 3.37. The first-order valence-corrected chi connectivity index (χ1v) is 3.88. The Morgan fingerprint density at radius 1 is 1.46 bits per heavy atom. The molecule has 0 aliphatic rings. The van der Waals surface area contributed by atoms with Crippen molar-refractivity contribution in [3.05, 3.63) is 39.9 Å². The van der Waals surface area contributed by atoms with Gasteiger partial charge in [0.25, 0.3) is 5.69 Å². The monoisotopic (exact) mass is 181 g/mol. The zero-order valence-electron chi connectivity index (χ0n) is 7.52. The predicted molar refractivity (Wildman–Crippen MR) is 48.3 cm³/mol. The highest BCUT2D eigenvalue weighted by molar-refractivity contribution is 5.36. The number of rotatable bonds is 2. The summed E-state index contributed by atoms with van der Waals surface area (Å²) in [6, 6.07) is 5.99. The van der Waals surface area contributed by atoms with Crippen LogP contribution in [-0.2, 0) is 5.60 Å². The maximum Gasteiger partial charge on any atom is 0.269 e. The highest BCUT2D eigenvalue weighted by Crippen LogP contribution is 2.23. The molecule has 0 bridgehead atoms. The molecule has 0 saturated carbocycles. The molecule has 1 rings (SSSR count). The molecule has 0 unspecified atom stereocenters. The van der Waals surface area contributed by atoms with Gasteiger partial charge in [-0.1, -0.05) is 12.1 Å². The average molecular weight is 181 g/mol. The van der Waals surface area contributed by atoms with Crippen LogP contribution in [0.15, 0.2) is 24.3 Å². The van der Waals surface area contributed by atoms with Gasteiger partial charge in [0.15, 0.2) is 0 Å². The maximum atomic E-state index is 10.4. The molecule has 0 amide bonds. The van der Waals surface area contributed by atoms with E-state index in [4.69, 9.17) is 0 Å². The minimum Gasteiger partial charge on any atom is -0.386 e. The molecule has 70 valence electrons. The first-order valence-electron chi connectivity index (χ1n) is 3.88. The highest BCUT2D eigenvalue weighted by atomic mass is 16.6. The minimum absolute atomic E-state index is 0.000347. The van der Waals surface area contributed by atoms with Gasteiger partial charge in [-0.25, -0.2) is 0 Å². The first-order chi connectivity index (χ1) is 5.91. The molecule has 0 saturated heterocycles. The Labute approximate surface area is 76.0 Å². The van der Waals surface area contributed by atoms with Crippen LogP contribution in [0.1, 0.15) is 19.4 Å². The average Bonchev–Trinajstić information content (AvgIpc) is 2.03. The molecule has 0 radical (unpaired) electrons. The van der Waals surface area contributed by atoms with Crippen molar-refractivity contribution in [2.45, 2.75) is 19.4 Å². The predicted octanol–water partition coefficient (Wildman–Crippen LogP) is 1.82. The molecule has 0 atom stereocenters. The number of nitro benzene ring substituents is 1. The minimum atomic E-state index is -1.04. The van der Waals surface area contributed by atoms with E-state index in [-0.39, 0.29) is 5.69 Å². The third-order valence-corrected chi connectivity index (χ3v) is 1.76. The van der Waals surface area contributed by atoms with Crippen LogP contribution < -0.4 is 0 Å². The molecule has 4 nitrogen and oxygen atoms in total. The zero-order valence-corrected chi connectivity index (χ0v) is 7.52. The van der Waals surface area contributed by atoms with Crippen LogP contribution >= 0.6 is 0 Å². The summed E-state index contributed by atoms with van der Waals surface area (Å²) in [6.07, 6.45) is 0. The van der Waals surface area contributed by atoms with Crippen LogP contribution in [-0.4, -0.2) is 10.0 Å². The fourth-order valence-electron chi connectivity index (χ4n) is 1.00. The largest absolute Gasteiger partial charge is 0.386 e. The quantitative estimate of drug-likeness (QED) is 0.559. The van der Waals surface area contributed by atoms with Gasteiger partial charge in [-0.15, -0.1) is 0 Å². The van der Waals surface area contributed by atoms with Crippen molar-refractivity contribution in [1.82, 2.24) is 0 Å². The molecule has 0 spiro atoms. The van der Waals surface area contributed by atoms with Gasteiger partial charge < -0.3 is 5.11 Å². The molecular weight excluding hydrogens is 170 g/mol. The van der Waals surface area contributed by atoms with E-state index in [2.05, 4.69) is 0 Å². The fraction of sp³-hybridized carbons (Fsp3) is 0.333. The second kappa shape index (κ2) is 3.14. The second-order valence-corrected chi connectivity index (χ2v) is 3.37. The zero-order chi connectivity index (χ0) is 10.1. The standard InChI is InChI=1S/C9H11NO3/c1-9(2,11)7-4-3-5-8(6-7)10(12)13/h3-6,11H,1-2H3. The Balaban J connectivity index is 3.13. The molecule has 0 aromatic heterocycles. The number of non-ortho nitro benzene ring substituents is 1. The summed E-state index contributed by atoms with van der Waals surface area (Å²) in [7, 11) is 0. The third kappa shape index (κ3) is 2.26. The third-order valence-electron chi connectivity index (χ3n) is 1.76. The Hall–Kier alpha value is -1.42. The highest BCUT2D eigenvalue weighted by Gasteiger charge is 2.18. The van der Waals surface area contributed by atoms with E-state index >= 15 is 0 Å². The SMILES string of the molecule is CC(C)(O)c1cccc([N+](=O)[O-])c1. The molecule has 1 aromatic carbocycles. The van der Waals surface area contributed by atoms with Gasteiger partial charge in [0, 0.05) is 12.1 Å². The smallest absolute Gasteiger partial charge is 0.269 e. The van der Waals surface area contributed by atoms with E-state index in [0.717, 1.165) is 0 Å². The molecule has 1 N–H and O–H groups in total. The van der Waals surface area contributed by atoms with Gasteiger partial charge in [0.2, 0.25) is 0 Å². The number of aliphatic hydroxyl groups is 1. The number of hydrogen-bond acceptors (Lipinski definition) is 3. The van der Waals surface area contributed by atoms with Crippen molar-refractivity contribution in [2.75, 3.05) is 0 Å². The van der Waals surface area contributed by atoms with Crippen molar-refractivity contribution >= 4 is 5.69 Å². The van der Waals surface area contributed by atoms with E-state index < -0.39 is 10.5 Å². The first kappa shape index (κ1) is 9.67. The van der Waals surface area contributed by atoms with E-state index in [0.29, 0.717) is 5.56 Å². The van der Waals surface area contributed by atoms with E-state index in [1.807, 2.05) is 0 Å². The lowest BCUT2D eigenvalue weighted by molar-refractivity contribution is -0.385. The Morgan fingerprint density at radius 3 is 2.54 bits per heavy atom. The number of nitro groups is 1. The molecular formula is C9H11NO3. The van der Waals surface area contributed by atoms with E-state index in [1.54, 1.807) is 26.0 Å². The Bertz CT molecular complexity index is 328. The molecule has 0 aliphatic carbocycles. The lowest BCUT2D eigenvalue weighted by Crippen LogP contribution is -2.15. The van der Waals surface area contributed by atoms with Crippen molar-refractivity contribution in [1.29, 1.82) is 0 Å². The number of nitrogens with zero attached hydrogens (tertiary/aromatic N) is 1. The van der Waals surface area contributed by atoms with Crippen LogP contribution in [0.4, 0.5) is 5.69 Å². The van der Waals surface area contributed by atoms with Gasteiger partial charge in [0.1, 0.15) is 0 Å². The molecule has 4 heteroatoms. The summed E-state index contributed by atoms with van der Waals surface area (Å²) in [6.45, 7) is 3.18. The summed E-state index contributed by atoms with van der Waals surface area (Å²) < 4.78 is 0. The molecule has 1 aromatic rings. The number of hydrogen-bond donors (Lipinski definition) is 1. The Morgan fingerprint density at radius 2 is 2.08 bits per heavy atom. The van der Waals surface area contributed by atoms with Crippen molar-refractivity contribution < 1.29 is 10.0 Å². The Kier molecular flexibility index (Phi) is 2.34. The topological polar surface area (TPSA) is 63.4 Å². The molecule has 0 aliphatic heterocycles. The van der Waals surface area contributed by atoms with Crippen LogP contribution in [0.5, 0.6) is 0 Å². The van der Waals surface area contributed by atoms with E-state index in [1.165, 1.54) is 12.1 Å². The maximum absolute atomic E-state index is 10.4. The van der Waals surface area contributed by atoms with Crippen LogP contribution in [0.25, 0.3) is 0 Å². The summed E-state index contributed by atoms with van der Waals surface area (Å²) in [4.78, 5) is 9.93. The van der Waals surface area contributed by atoms with Gasteiger partial charge in [0.05, 0.1) is 10.5 Å². The van der Waals surface area contributed by atoms with Crippen LogP contribution in [0.3, 0.4) is 0 Å². The molecule has 13 heavy (non-hydrogen) atoms. The lowest BCUT2D eigenvalue weighted by atomic mass is 9.98. The normalized spacial score (nSPS) is 11.3. The summed E-state index contributed by atoms with van der Waals surface area (Å²) in [5, 5.41) is 20.0. The van der Waals surface area contributed by atoms with Crippen LogP contribution in [0.2, 0.25) is 0 Å². The lowest BCUT2D eigenvalue weighted by Gasteiger charge is -2.16. The summed E-state index contributed by atoms with van der Waals surface area (Å²) >= 11 is 0. The van der Waals surface area contributed by atoms with Gasteiger partial charge in [-0.2, -0.15) is 0 Å². The van der Waals surface area contributed by atoms with Crippen molar-refractivity contribution in [2.24, 2.45) is 0 Å². The summed E-state index contributed by atoms with van der Waals surface area (Å²) in [5.74, 6) is 0. The van der Waals surface area contributed by atoms with Gasteiger partial charge in [-0.05, 0) is 19.4 Å². The van der Waals surface area contributed by atoms with Crippen molar-refractivity contribution in [3.8, 4) is 0 Å². The van der Waals surface area contributed by atoms with E-state index in [9.17, 15) is 15.2 Å². The van der Waals surface area contributed by atoms with Gasteiger partial charge >= 0.3 is 0 Å². The van der Waals surface area contributed by atoms with Crippen LogP contribution in [0, 0.1) is 10.1 Å². The van der Waals surface area contributed by atoms with Crippen molar-refractivity contribution in [3.63, 3.8) is 0 Å².